The summed E-state index contributed by atoms with van der Waals surface area (Å²) in [5, 5.41) is 22.9. The molecule has 0 unspecified atom stereocenters. The van der Waals surface area contributed by atoms with Crippen LogP contribution in [0.25, 0.3) is 0 Å². The molecule has 0 aromatic rings. The van der Waals surface area contributed by atoms with Crippen molar-refractivity contribution in [2.45, 2.75) is 83.1 Å². The molecule has 6 heteroatoms. The molecule has 28 heavy (non-hydrogen) atoms. The van der Waals surface area contributed by atoms with Crippen LogP contribution < -0.4 is 10.2 Å². The number of ketones is 2. The molecule has 0 heterocycles. The molecule has 0 aliphatic rings. The maximum absolute atomic E-state index is 11.4. The molecule has 1 radical (unpaired) electrons. The molecular weight excluding hydrogens is 395 g/mol. The van der Waals surface area contributed by atoms with Crippen LogP contribution in [0.2, 0.25) is 0 Å². The Labute approximate surface area is 183 Å². The first-order valence-electron chi connectivity index (χ1n) is 8.97. The zero-order valence-electron chi connectivity index (χ0n) is 19.6. The molecular formula is C22H38O5V. The Balaban J connectivity index is -0.000000192. The van der Waals surface area contributed by atoms with Crippen LogP contribution >= 0.6 is 0 Å². The molecule has 0 fully saturated rings. The molecule has 0 saturated heterocycles. The minimum absolute atomic E-state index is 0. The Morgan fingerprint density at radius 3 is 0.821 bits per heavy atom. The van der Waals surface area contributed by atoms with Crippen molar-refractivity contribution in [2.75, 3.05) is 0 Å². The summed E-state index contributed by atoms with van der Waals surface area (Å²) < 4.78 is 0. The maximum atomic E-state index is 11.4. The van der Waals surface area contributed by atoms with Gasteiger partial charge in [0.2, 0.25) is 0 Å². The van der Waals surface area contributed by atoms with E-state index in [9.17, 15) is 19.8 Å². The van der Waals surface area contributed by atoms with Gasteiger partial charge in [-0.2, -0.15) is 0 Å². The van der Waals surface area contributed by atoms with Crippen LogP contribution in [0, 0.1) is 21.7 Å². The number of rotatable bonds is 2. The predicted octanol–water partition coefficient (Wildman–Crippen LogP) is 3.66. The molecule has 0 amide bonds. The molecule has 161 valence electrons. The number of allylic oxidation sites excluding steroid dienone is 4. The van der Waals surface area contributed by atoms with E-state index in [1.54, 1.807) is 0 Å². The van der Waals surface area contributed by atoms with Crippen molar-refractivity contribution in [1.82, 2.24) is 0 Å². The average molecular weight is 433 g/mol. The minimum atomic E-state index is -0.457. The van der Waals surface area contributed by atoms with Crippen molar-refractivity contribution in [2.24, 2.45) is 21.7 Å². The van der Waals surface area contributed by atoms with E-state index in [0.717, 1.165) is 0 Å². The SMILES string of the molecule is CC(C)(C)C(=O)/C=C(\[O-])C(C)(C)C.CC(C)(C)C(=O)/C=C(\[O-])C(C)(C)C.[O-2].[V+4]. The fraction of sp³-hybridized carbons (Fsp3) is 0.727. The van der Waals surface area contributed by atoms with Gasteiger partial charge in [-0.3, -0.25) is 9.59 Å². The van der Waals surface area contributed by atoms with Gasteiger partial charge >= 0.3 is 18.6 Å². The van der Waals surface area contributed by atoms with Gasteiger partial charge < -0.3 is 15.7 Å². The van der Waals surface area contributed by atoms with Crippen LogP contribution in [-0.4, -0.2) is 11.6 Å². The summed E-state index contributed by atoms with van der Waals surface area (Å²) in [7, 11) is 0. The Morgan fingerprint density at radius 1 is 0.536 bits per heavy atom. The van der Waals surface area contributed by atoms with E-state index < -0.39 is 21.7 Å². The molecule has 0 spiro atoms. The molecule has 0 bridgehead atoms. The van der Waals surface area contributed by atoms with Gasteiger partial charge in [0.1, 0.15) is 0 Å². The number of carbonyl (C=O) groups is 2. The molecule has 0 atom stereocenters. The summed E-state index contributed by atoms with van der Waals surface area (Å²) in [5.74, 6) is -0.417. The summed E-state index contributed by atoms with van der Waals surface area (Å²) in [6, 6.07) is 0. The van der Waals surface area contributed by atoms with E-state index in [-0.39, 0.29) is 47.1 Å². The first-order valence-corrected chi connectivity index (χ1v) is 8.97. The van der Waals surface area contributed by atoms with Crippen LogP contribution in [-0.2, 0) is 33.6 Å². The molecule has 0 saturated carbocycles. The largest absolute Gasteiger partial charge is 4.00 e. The molecule has 0 aliphatic carbocycles. The van der Waals surface area contributed by atoms with Gasteiger partial charge in [0.15, 0.2) is 11.6 Å². The van der Waals surface area contributed by atoms with E-state index >= 15 is 0 Å². The predicted molar refractivity (Wildman–Crippen MR) is 105 cm³/mol. The van der Waals surface area contributed by atoms with E-state index in [1.807, 2.05) is 83.1 Å². The standard InChI is InChI=1S/2C11H20O2.O.V/c2*1-10(2,3)8(12)7-9(13)11(4,5)6;;/h2*7,12H,1-6H3;;/q;;-2;+4/p-2/b2*8-7-;;. The Hall–Kier alpha value is -1.04. The van der Waals surface area contributed by atoms with Gasteiger partial charge in [-0.15, -0.1) is 11.5 Å². The fourth-order valence-corrected chi connectivity index (χ4v) is 1.10. The van der Waals surface area contributed by atoms with E-state index in [2.05, 4.69) is 0 Å². The van der Waals surface area contributed by atoms with Crippen molar-refractivity contribution >= 4 is 11.6 Å². The third-order valence-electron chi connectivity index (χ3n) is 3.48. The Bertz CT molecular complexity index is 508. The summed E-state index contributed by atoms with van der Waals surface area (Å²) in [6.45, 7) is 21.7. The first kappa shape index (κ1) is 34.5. The minimum Gasteiger partial charge on any atom is -2.00 e. The quantitative estimate of drug-likeness (QED) is 0.489. The number of carbonyl (C=O) groups excluding carboxylic acids is 2. The van der Waals surface area contributed by atoms with Gasteiger partial charge in [0.25, 0.3) is 0 Å². The average Bonchev–Trinajstić information content (AvgIpc) is 2.34. The Morgan fingerprint density at radius 2 is 0.714 bits per heavy atom. The van der Waals surface area contributed by atoms with Crippen molar-refractivity contribution in [3.8, 4) is 0 Å². The maximum Gasteiger partial charge on any atom is 4.00 e. The Kier molecular flexibility index (Phi) is 14.6. The molecule has 5 nitrogen and oxygen atoms in total. The van der Waals surface area contributed by atoms with Crippen LogP contribution in [0.3, 0.4) is 0 Å². The summed E-state index contributed by atoms with van der Waals surface area (Å²) in [5.41, 5.74) is -1.83. The summed E-state index contributed by atoms with van der Waals surface area (Å²) in [6.07, 6.45) is 2.44. The summed E-state index contributed by atoms with van der Waals surface area (Å²) in [4.78, 5) is 22.9. The normalized spacial score (nSPS) is 13.4. The molecule has 0 aromatic heterocycles. The van der Waals surface area contributed by atoms with Crippen molar-refractivity contribution in [1.29, 1.82) is 0 Å². The van der Waals surface area contributed by atoms with Crippen molar-refractivity contribution in [3.63, 3.8) is 0 Å². The van der Waals surface area contributed by atoms with E-state index in [0.29, 0.717) is 0 Å². The van der Waals surface area contributed by atoms with Gasteiger partial charge in [-0.05, 0) is 23.0 Å². The van der Waals surface area contributed by atoms with Crippen LogP contribution in [0.4, 0.5) is 0 Å². The zero-order valence-corrected chi connectivity index (χ0v) is 21.0. The van der Waals surface area contributed by atoms with Crippen LogP contribution in [0.15, 0.2) is 23.7 Å². The van der Waals surface area contributed by atoms with Gasteiger partial charge in [-0.25, -0.2) is 0 Å². The van der Waals surface area contributed by atoms with Crippen LogP contribution in [0.5, 0.6) is 0 Å². The smallest absolute Gasteiger partial charge is 2.00 e. The van der Waals surface area contributed by atoms with E-state index in [1.165, 1.54) is 12.2 Å². The van der Waals surface area contributed by atoms with Gasteiger partial charge in [-0.1, -0.05) is 83.1 Å². The third kappa shape index (κ3) is 15.0. The third-order valence-corrected chi connectivity index (χ3v) is 3.48. The molecule has 0 rings (SSSR count). The van der Waals surface area contributed by atoms with E-state index in [4.69, 9.17) is 0 Å². The molecule has 0 aliphatic heterocycles. The van der Waals surface area contributed by atoms with Crippen molar-refractivity contribution < 1.29 is 43.8 Å². The number of hydrogen-bond donors (Lipinski definition) is 0. The van der Waals surface area contributed by atoms with Gasteiger partial charge in [0, 0.05) is 10.8 Å². The number of hydrogen-bond acceptors (Lipinski definition) is 4. The monoisotopic (exact) mass is 433 g/mol. The summed E-state index contributed by atoms with van der Waals surface area (Å²) >= 11 is 0. The second kappa shape index (κ2) is 11.8. The van der Waals surface area contributed by atoms with Crippen LogP contribution in [0.1, 0.15) is 83.1 Å². The van der Waals surface area contributed by atoms with Crippen molar-refractivity contribution in [3.05, 3.63) is 23.7 Å². The fourth-order valence-electron chi connectivity index (χ4n) is 1.10. The first-order chi connectivity index (χ1) is 11.1. The molecule has 0 aromatic carbocycles. The zero-order chi connectivity index (χ0) is 21.7. The van der Waals surface area contributed by atoms with Gasteiger partial charge in [0.05, 0.1) is 0 Å². The second-order valence-corrected chi connectivity index (χ2v) is 10.7. The second-order valence-electron chi connectivity index (χ2n) is 10.7. The molecule has 0 N–H and O–H groups in total. The topological polar surface area (TPSA) is 109 Å².